The highest BCUT2D eigenvalue weighted by atomic mass is 16.5. The van der Waals surface area contributed by atoms with Crippen molar-refractivity contribution in [2.24, 2.45) is 5.92 Å². The second-order valence-electron chi connectivity index (χ2n) is 7.20. The lowest BCUT2D eigenvalue weighted by molar-refractivity contribution is 0.00773. The van der Waals surface area contributed by atoms with Gasteiger partial charge in [0.1, 0.15) is 0 Å². The molecule has 1 atom stereocenters. The largest absolute Gasteiger partial charge is 0.377 e. The first-order chi connectivity index (χ1) is 11.8. The third-order valence-corrected chi connectivity index (χ3v) is 5.41. The third kappa shape index (κ3) is 3.51. The second-order valence-corrected chi connectivity index (χ2v) is 7.20. The van der Waals surface area contributed by atoms with Gasteiger partial charge in [0.05, 0.1) is 19.3 Å². The van der Waals surface area contributed by atoms with Crippen LogP contribution in [-0.4, -0.2) is 49.8 Å². The topological polar surface area (TPSA) is 44.8 Å². The summed E-state index contributed by atoms with van der Waals surface area (Å²) < 4.78 is 5.58. The van der Waals surface area contributed by atoms with Crippen LogP contribution in [0, 0.1) is 5.92 Å². The van der Waals surface area contributed by atoms with Crippen molar-refractivity contribution in [3.63, 3.8) is 0 Å². The molecule has 0 unspecified atom stereocenters. The van der Waals surface area contributed by atoms with Crippen LogP contribution in [0.3, 0.4) is 0 Å². The summed E-state index contributed by atoms with van der Waals surface area (Å²) in [5.74, 6) is 0.635. The van der Waals surface area contributed by atoms with Crippen LogP contribution < -0.4 is 10.2 Å². The number of ether oxygens (including phenoxy) is 1. The van der Waals surface area contributed by atoms with Gasteiger partial charge in [-0.25, -0.2) is 4.79 Å². The molecular formula is C19H27N3O2. The third-order valence-electron chi connectivity index (χ3n) is 5.41. The van der Waals surface area contributed by atoms with Gasteiger partial charge in [0, 0.05) is 31.0 Å². The maximum absolute atomic E-state index is 12.7. The van der Waals surface area contributed by atoms with Crippen LogP contribution in [0.2, 0.25) is 0 Å². The van der Waals surface area contributed by atoms with E-state index in [4.69, 9.17) is 4.74 Å². The minimum absolute atomic E-state index is 0.0194. The van der Waals surface area contributed by atoms with Crippen LogP contribution >= 0.6 is 0 Å². The molecule has 0 aromatic heterocycles. The average molecular weight is 329 g/mol. The Kier molecular flexibility index (Phi) is 4.60. The van der Waals surface area contributed by atoms with Gasteiger partial charge in [0.2, 0.25) is 0 Å². The zero-order valence-corrected chi connectivity index (χ0v) is 14.2. The van der Waals surface area contributed by atoms with E-state index >= 15 is 0 Å². The quantitative estimate of drug-likeness (QED) is 0.925. The molecule has 1 aliphatic carbocycles. The highest BCUT2D eigenvalue weighted by Crippen LogP contribution is 2.36. The Balaban J connectivity index is 1.43. The molecule has 1 aromatic carbocycles. The van der Waals surface area contributed by atoms with E-state index in [1.165, 1.54) is 37.8 Å². The molecule has 5 nitrogen and oxygen atoms in total. The standard InChI is InChI=1S/C19H27N3O2/c23-19(22-11-12-24-14-18(22)15-7-8-15)20-16-5-4-6-17(13-16)21-9-2-1-3-10-21/h4-6,13,15,18H,1-3,7-12,14H2,(H,20,23)/t18-/m0/s1. The van der Waals surface area contributed by atoms with Crippen molar-refractivity contribution < 1.29 is 9.53 Å². The highest BCUT2D eigenvalue weighted by molar-refractivity contribution is 5.90. The van der Waals surface area contributed by atoms with Gasteiger partial charge in [0.25, 0.3) is 0 Å². The summed E-state index contributed by atoms with van der Waals surface area (Å²) in [5, 5.41) is 3.11. The molecule has 0 bridgehead atoms. The molecule has 3 fully saturated rings. The van der Waals surface area contributed by atoms with Gasteiger partial charge < -0.3 is 19.9 Å². The average Bonchev–Trinajstić information content (AvgIpc) is 3.48. The van der Waals surface area contributed by atoms with Crippen molar-refractivity contribution in [3.8, 4) is 0 Å². The molecule has 2 amide bonds. The van der Waals surface area contributed by atoms with E-state index in [2.05, 4.69) is 22.3 Å². The predicted octanol–water partition coefficient (Wildman–Crippen LogP) is 3.32. The number of carbonyl (C=O) groups is 1. The maximum atomic E-state index is 12.7. The molecule has 1 saturated carbocycles. The SMILES string of the molecule is O=C(Nc1cccc(N2CCCCC2)c1)N1CCOC[C@H]1C1CC1. The van der Waals surface area contributed by atoms with Gasteiger partial charge in [-0.05, 0) is 56.2 Å². The Morgan fingerprint density at radius 1 is 1.12 bits per heavy atom. The fourth-order valence-corrected chi connectivity index (χ4v) is 3.87. The summed E-state index contributed by atoms with van der Waals surface area (Å²) in [7, 11) is 0. The summed E-state index contributed by atoms with van der Waals surface area (Å²) in [5.41, 5.74) is 2.11. The van der Waals surface area contributed by atoms with Crippen molar-refractivity contribution in [3.05, 3.63) is 24.3 Å². The first kappa shape index (κ1) is 15.8. The second kappa shape index (κ2) is 7.01. The maximum Gasteiger partial charge on any atom is 0.322 e. The molecule has 2 aliphatic heterocycles. The molecule has 0 spiro atoms. The van der Waals surface area contributed by atoms with Crippen molar-refractivity contribution in [1.29, 1.82) is 0 Å². The molecule has 0 radical (unpaired) electrons. The van der Waals surface area contributed by atoms with Crippen molar-refractivity contribution in [2.45, 2.75) is 38.1 Å². The first-order valence-electron chi connectivity index (χ1n) is 9.32. The fourth-order valence-electron chi connectivity index (χ4n) is 3.87. The van der Waals surface area contributed by atoms with Crippen LogP contribution in [0.4, 0.5) is 16.2 Å². The van der Waals surface area contributed by atoms with E-state index in [-0.39, 0.29) is 12.1 Å². The number of hydrogen-bond donors (Lipinski definition) is 1. The molecule has 1 N–H and O–H groups in total. The Morgan fingerprint density at radius 3 is 2.75 bits per heavy atom. The van der Waals surface area contributed by atoms with E-state index in [1.807, 2.05) is 17.0 Å². The minimum Gasteiger partial charge on any atom is -0.377 e. The number of rotatable bonds is 3. The molecule has 130 valence electrons. The van der Waals surface area contributed by atoms with Gasteiger partial charge in [-0.15, -0.1) is 0 Å². The summed E-state index contributed by atoms with van der Waals surface area (Å²) in [6.07, 6.45) is 6.29. The van der Waals surface area contributed by atoms with Gasteiger partial charge in [-0.3, -0.25) is 0 Å². The summed E-state index contributed by atoms with van der Waals surface area (Å²) in [4.78, 5) is 17.1. The molecule has 2 heterocycles. The number of benzene rings is 1. The van der Waals surface area contributed by atoms with E-state index in [0.29, 0.717) is 25.7 Å². The number of urea groups is 1. The lowest BCUT2D eigenvalue weighted by Crippen LogP contribution is -2.51. The Bertz CT molecular complexity index is 582. The van der Waals surface area contributed by atoms with Gasteiger partial charge in [-0.1, -0.05) is 6.07 Å². The van der Waals surface area contributed by atoms with Crippen LogP contribution in [0.1, 0.15) is 32.1 Å². The molecule has 3 aliphatic rings. The van der Waals surface area contributed by atoms with E-state index in [9.17, 15) is 4.79 Å². The van der Waals surface area contributed by atoms with E-state index in [1.54, 1.807) is 0 Å². The van der Waals surface area contributed by atoms with Crippen molar-refractivity contribution >= 4 is 17.4 Å². The fraction of sp³-hybridized carbons (Fsp3) is 0.632. The number of nitrogens with zero attached hydrogens (tertiary/aromatic N) is 2. The summed E-state index contributed by atoms with van der Waals surface area (Å²) >= 11 is 0. The number of carbonyl (C=O) groups excluding carboxylic acids is 1. The number of piperidine rings is 1. The Morgan fingerprint density at radius 2 is 1.96 bits per heavy atom. The Hall–Kier alpha value is -1.75. The minimum atomic E-state index is 0.0194. The van der Waals surface area contributed by atoms with Crippen LogP contribution in [0.15, 0.2) is 24.3 Å². The number of amides is 2. The first-order valence-corrected chi connectivity index (χ1v) is 9.32. The molecule has 24 heavy (non-hydrogen) atoms. The molecule has 5 heteroatoms. The smallest absolute Gasteiger partial charge is 0.322 e. The molecule has 2 saturated heterocycles. The van der Waals surface area contributed by atoms with Crippen LogP contribution in [0.5, 0.6) is 0 Å². The normalized spacial score (nSPS) is 24.8. The van der Waals surface area contributed by atoms with Gasteiger partial charge in [0.15, 0.2) is 0 Å². The zero-order chi connectivity index (χ0) is 16.4. The summed E-state index contributed by atoms with van der Waals surface area (Å²) in [6.45, 7) is 4.25. The molecular weight excluding hydrogens is 302 g/mol. The Labute approximate surface area is 144 Å². The number of morpholine rings is 1. The predicted molar refractivity (Wildman–Crippen MR) is 95.6 cm³/mol. The summed E-state index contributed by atoms with van der Waals surface area (Å²) in [6, 6.07) is 8.54. The van der Waals surface area contributed by atoms with Crippen LogP contribution in [0.25, 0.3) is 0 Å². The molecule has 4 rings (SSSR count). The lowest BCUT2D eigenvalue weighted by atomic mass is 10.1. The zero-order valence-electron chi connectivity index (χ0n) is 14.2. The van der Waals surface area contributed by atoms with E-state index in [0.717, 1.165) is 18.8 Å². The monoisotopic (exact) mass is 329 g/mol. The van der Waals surface area contributed by atoms with E-state index < -0.39 is 0 Å². The number of hydrogen-bond acceptors (Lipinski definition) is 3. The van der Waals surface area contributed by atoms with Crippen molar-refractivity contribution in [2.75, 3.05) is 43.1 Å². The highest BCUT2D eigenvalue weighted by Gasteiger charge is 2.39. The number of anilines is 2. The van der Waals surface area contributed by atoms with Gasteiger partial charge >= 0.3 is 6.03 Å². The van der Waals surface area contributed by atoms with Crippen LogP contribution in [-0.2, 0) is 4.74 Å². The molecule has 1 aromatic rings. The van der Waals surface area contributed by atoms with Crippen molar-refractivity contribution in [1.82, 2.24) is 4.90 Å². The lowest BCUT2D eigenvalue weighted by Gasteiger charge is -2.36. The number of nitrogens with one attached hydrogen (secondary N) is 1. The van der Waals surface area contributed by atoms with Gasteiger partial charge in [-0.2, -0.15) is 0 Å².